The summed E-state index contributed by atoms with van der Waals surface area (Å²) >= 11 is 1.17. The molecule has 0 bridgehead atoms. The van der Waals surface area contributed by atoms with E-state index in [-0.39, 0.29) is 23.4 Å². The molecule has 6 heteroatoms. The topological polar surface area (TPSA) is 79.2 Å². The molecular formula is C13H14N2O3S. The molecule has 1 amide bonds. The molecule has 5 nitrogen and oxygen atoms in total. The minimum absolute atomic E-state index is 0.137. The highest BCUT2D eigenvalue weighted by atomic mass is 32.2. The van der Waals surface area contributed by atoms with Crippen molar-refractivity contribution in [3.8, 4) is 6.07 Å². The molecule has 0 saturated carbocycles. The zero-order valence-corrected chi connectivity index (χ0v) is 11.3. The number of anilines is 1. The highest BCUT2D eigenvalue weighted by Crippen LogP contribution is 2.14. The Hall–Kier alpha value is -2.00. The predicted molar refractivity (Wildman–Crippen MR) is 73.7 cm³/mol. The number of carbonyl (C=O) groups is 2. The fourth-order valence-corrected chi connectivity index (χ4v) is 1.92. The normalized spacial score (nSPS) is 9.47. The Labute approximate surface area is 115 Å². The third-order valence-corrected chi connectivity index (χ3v) is 2.99. The van der Waals surface area contributed by atoms with Crippen LogP contribution in [0.2, 0.25) is 0 Å². The van der Waals surface area contributed by atoms with Crippen LogP contribution in [-0.2, 0) is 14.3 Å². The second kappa shape index (κ2) is 8.16. The van der Waals surface area contributed by atoms with Gasteiger partial charge in [-0.3, -0.25) is 9.59 Å². The molecule has 0 aliphatic heterocycles. The summed E-state index contributed by atoms with van der Waals surface area (Å²) in [5.41, 5.74) is 0.887. The highest BCUT2D eigenvalue weighted by molar-refractivity contribution is 8.00. The van der Waals surface area contributed by atoms with Gasteiger partial charge in [-0.2, -0.15) is 5.26 Å². The molecule has 0 aliphatic carbocycles. The minimum atomic E-state index is -0.335. The van der Waals surface area contributed by atoms with Crippen molar-refractivity contribution >= 4 is 29.3 Å². The summed E-state index contributed by atoms with van der Waals surface area (Å²) in [4.78, 5) is 22.7. The fraction of sp³-hybridized carbons (Fsp3) is 0.308. The SMILES string of the molecule is CCOC(=O)CSCC(=O)Nc1ccccc1C#N. The number of nitrogens with one attached hydrogen (secondary N) is 1. The molecule has 19 heavy (non-hydrogen) atoms. The molecule has 0 saturated heterocycles. The third kappa shape index (κ3) is 5.44. The molecule has 0 radical (unpaired) electrons. The standard InChI is InChI=1S/C13H14N2O3S/c1-2-18-13(17)9-19-8-12(16)15-11-6-4-3-5-10(11)7-14/h3-6H,2,8-9H2,1H3,(H,15,16). The highest BCUT2D eigenvalue weighted by Gasteiger charge is 2.08. The number of nitrogens with zero attached hydrogens (tertiary/aromatic N) is 1. The van der Waals surface area contributed by atoms with Gasteiger partial charge in [-0.25, -0.2) is 0 Å². The number of rotatable bonds is 6. The molecule has 100 valence electrons. The molecule has 1 rings (SSSR count). The summed E-state index contributed by atoms with van der Waals surface area (Å²) in [6.07, 6.45) is 0. The summed E-state index contributed by atoms with van der Waals surface area (Å²) in [5, 5.41) is 11.5. The zero-order valence-electron chi connectivity index (χ0n) is 10.5. The van der Waals surface area contributed by atoms with Gasteiger partial charge in [0.25, 0.3) is 0 Å². The molecule has 0 aliphatic rings. The van der Waals surface area contributed by atoms with Crippen LogP contribution >= 0.6 is 11.8 Å². The molecule has 1 N–H and O–H groups in total. The molecule has 0 atom stereocenters. The second-order valence-corrected chi connectivity index (χ2v) is 4.49. The molecule has 0 fully saturated rings. The maximum absolute atomic E-state index is 11.6. The van der Waals surface area contributed by atoms with Crippen LogP contribution in [0.5, 0.6) is 0 Å². The van der Waals surface area contributed by atoms with Crippen LogP contribution < -0.4 is 5.32 Å². The average molecular weight is 278 g/mol. The molecular weight excluding hydrogens is 264 g/mol. The quantitative estimate of drug-likeness (QED) is 0.803. The van der Waals surface area contributed by atoms with Crippen LogP contribution in [-0.4, -0.2) is 30.0 Å². The summed E-state index contributed by atoms with van der Waals surface area (Å²) in [6.45, 7) is 2.06. The van der Waals surface area contributed by atoms with Crippen LogP contribution in [0.25, 0.3) is 0 Å². The van der Waals surface area contributed by atoms with Crippen molar-refractivity contribution in [1.29, 1.82) is 5.26 Å². The number of ether oxygens (including phenoxy) is 1. The molecule has 0 unspecified atom stereocenters. The van der Waals surface area contributed by atoms with E-state index in [1.165, 1.54) is 11.8 Å². The van der Waals surface area contributed by atoms with Gasteiger partial charge in [-0.05, 0) is 19.1 Å². The molecule has 0 aromatic heterocycles. The maximum Gasteiger partial charge on any atom is 0.315 e. The Balaban J connectivity index is 2.40. The van der Waals surface area contributed by atoms with Gasteiger partial charge in [0, 0.05) is 0 Å². The Kier molecular flexibility index (Phi) is 6.47. The lowest BCUT2D eigenvalue weighted by Crippen LogP contribution is -2.16. The Morgan fingerprint density at radius 3 is 2.79 bits per heavy atom. The van der Waals surface area contributed by atoms with E-state index in [0.717, 1.165) is 0 Å². The van der Waals surface area contributed by atoms with Crippen LogP contribution in [0.4, 0.5) is 5.69 Å². The molecule has 0 spiro atoms. The van der Waals surface area contributed by atoms with Gasteiger partial charge in [0.15, 0.2) is 0 Å². The smallest absolute Gasteiger partial charge is 0.315 e. The van der Waals surface area contributed by atoms with Gasteiger partial charge >= 0.3 is 5.97 Å². The minimum Gasteiger partial charge on any atom is -0.465 e. The summed E-state index contributed by atoms with van der Waals surface area (Å²) in [5.74, 6) is -0.311. The number of para-hydroxylation sites is 1. The van der Waals surface area contributed by atoms with Crippen LogP contribution in [0.3, 0.4) is 0 Å². The first kappa shape index (κ1) is 15.1. The van der Waals surface area contributed by atoms with E-state index in [0.29, 0.717) is 17.9 Å². The summed E-state index contributed by atoms with van der Waals surface area (Å²) in [7, 11) is 0. The lowest BCUT2D eigenvalue weighted by molar-refractivity contribution is -0.139. The van der Waals surface area contributed by atoms with E-state index < -0.39 is 0 Å². The number of hydrogen-bond donors (Lipinski definition) is 1. The number of amides is 1. The number of thioether (sulfide) groups is 1. The van der Waals surface area contributed by atoms with Gasteiger partial charge < -0.3 is 10.1 Å². The van der Waals surface area contributed by atoms with Crippen molar-refractivity contribution in [2.24, 2.45) is 0 Å². The molecule has 0 heterocycles. The van der Waals surface area contributed by atoms with Crippen molar-refractivity contribution in [1.82, 2.24) is 0 Å². The van der Waals surface area contributed by atoms with Crippen molar-refractivity contribution < 1.29 is 14.3 Å². The Morgan fingerprint density at radius 1 is 1.37 bits per heavy atom. The van der Waals surface area contributed by atoms with E-state index in [2.05, 4.69) is 5.32 Å². The number of esters is 1. The van der Waals surface area contributed by atoms with Crippen LogP contribution in [0, 0.1) is 11.3 Å². The Bertz CT molecular complexity index is 497. The lowest BCUT2D eigenvalue weighted by Gasteiger charge is -2.06. The maximum atomic E-state index is 11.6. The van der Waals surface area contributed by atoms with E-state index in [4.69, 9.17) is 10.00 Å². The average Bonchev–Trinajstić information content (AvgIpc) is 2.39. The first-order valence-corrected chi connectivity index (χ1v) is 6.85. The van der Waals surface area contributed by atoms with E-state index in [9.17, 15) is 9.59 Å². The van der Waals surface area contributed by atoms with Crippen molar-refractivity contribution in [3.05, 3.63) is 29.8 Å². The fourth-order valence-electron chi connectivity index (χ4n) is 1.31. The van der Waals surface area contributed by atoms with E-state index in [1.54, 1.807) is 31.2 Å². The van der Waals surface area contributed by atoms with Gasteiger partial charge in [0.1, 0.15) is 6.07 Å². The molecule has 1 aromatic carbocycles. The lowest BCUT2D eigenvalue weighted by atomic mass is 10.2. The summed E-state index contributed by atoms with van der Waals surface area (Å²) in [6, 6.07) is 8.75. The summed E-state index contributed by atoms with van der Waals surface area (Å²) < 4.78 is 4.74. The van der Waals surface area contributed by atoms with Crippen molar-refractivity contribution in [3.63, 3.8) is 0 Å². The first-order chi connectivity index (χ1) is 9.17. The third-order valence-electron chi connectivity index (χ3n) is 2.08. The van der Waals surface area contributed by atoms with Crippen molar-refractivity contribution in [2.75, 3.05) is 23.4 Å². The van der Waals surface area contributed by atoms with Gasteiger partial charge in [-0.15, -0.1) is 11.8 Å². The van der Waals surface area contributed by atoms with Gasteiger partial charge in [0.05, 0.1) is 29.4 Å². The second-order valence-electron chi connectivity index (χ2n) is 3.50. The van der Waals surface area contributed by atoms with Gasteiger partial charge in [0.2, 0.25) is 5.91 Å². The Morgan fingerprint density at radius 2 is 2.11 bits per heavy atom. The number of benzene rings is 1. The largest absolute Gasteiger partial charge is 0.465 e. The number of carbonyl (C=O) groups excluding carboxylic acids is 2. The zero-order chi connectivity index (χ0) is 14.1. The van der Waals surface area contributed by atoms with Crippen LogP contribution in [0.1, 0.15) is 12.5 Å². The van der Waals surface area contributed by atoms with Crippen molar-refractivity contribution in [2.45, 2.75) is 6.92 Å². The van der Waals surface area contributed by atoms with E-state index >= 15 is 0 Å². The van der Waals surface area contributed by atoms with Gasteiger partial charge in [-0.1, -0.05) is 12.1 Å². The first-order valence-electron chi connectivity index (χ1n) is 5.69. The van der Waals surface area contributed by atoms with E-state index in [1.807, 2.05) is 6.07 Å². The number of hydrogen-bond acceptors (Lipinski definition) is 5. The number of nitriles is 1. The predicted octanol–water partition coefficient (Wildman–Crippen LogP) is 1.79. The van der Waals surface area contributed by atoms with Crippen LogP contribution in [0.15, 0.2) is 24.3 Å². The monoisotopic (exact) mass is 278 g/mol. The molecule has 1 aromatic rings.